The van der Waals surface area contributed by atoms with Gasteiger partial charge in [0.2, 0.25) is 0 Å². The topological polar surface area (TPSA) is 0 Å². The average molecular weight is 186 g/mol. The van der Waals surface area contributed by atoms with Crippen LogP contribution in [0.2, 0.25) is 0 Å². The minimum Gasteiger partial charge on any atom is -0.0757 e. The highest BCUT2D eigenvalue weighted by Gasteiger charge is 2.25. The zero-order valence-electron chi connectivity index (χ0n) is 9.52. The Morgan fingerprint density at radius 3 is 2.50 bits per heavy atom. The number of hydrogen-bond acceptors (Lipinski definition) is 0. The van der Waals surface area contributed by atoms with E-state index in [4.69, 9.17) is 0 Å². The lowest BCUT2D eigenvalue weighted by molar-refractivity contribution is 0.567. The van der Waals surface area contributed by atoms with Crippen molar-refractivity contribution in [1.29, 1.82) is 0 Å². The standard InChI is InChI=1S/C14H18/c1-10-6-5-7-11-8-9-12(13(10)11)14(2,3)4/h5-7,9H,8H2,1-4H3. The van der Waals surface area contributed by atoms with Gasteiger partial charge in [0.25, 0.3) is 0 Å². The molecule has 0 heteroatoms. The molecule has 1 aromatic carbocycles. The summed E-state index contributed by atoms with van der Waals surface area (Å²) in [5.74, 6) is 0. The maximum atomic E-state index is 2.39. The number of rotatable bonds is 0. The van der Waals surface area contributed by atoms with Gasteiger partial charge in [-0.3, -0.25) is 0 Å². The van der Waals surface area contributed by atoms with Crippen LogP contribution in [-0.4, -0.2) is 0 Å². The smallest absolute Gasteiger partial charge is 0.00851 e. The molecule has 0 radical (unpaired) electrons. The van der Waals surface area contributed by atoms with E-state index < -0.39 is 0 Å². The normalized spacial score (nSPS) is 15.3. The monoisotopic (exact) mass is 186 g/mol. The molecule has 0 fully saturated rings. The summed E-state index contributed by atoms with van der Waals surface area (Å²) < 4.78 is 0. The molecular weight excluding hydrogens is 168 g/mol. The first kappa shape index (κ1) is 9.51. The molecule has 2 rings (SSSR count). The number of fused-ring (bicyclic) bond motifs is 1. The fourth-order valence-corrected chi connectivity index (χ4v) is 2.28. The molecule has 0 unspecified atom stereocenters. The van der Waals surface area contributed by atoms with E-state index in [-0.39, 0.29) is 5.41 Å². The van der Waals surface area contributed by atoms with E-state index in [0.29, 0.717) is 0 Å². The number of benzene rings is 1. The molecule has 0 amide bonds. The van der Waals surface area contributed by atoms with Gasteiger partial charge < -0.3 is 0 Å². The van der Waals surface area contributed by atoms with Gasteiger partial charge in [-0.25, -0.2) is 0 Å². The lowest BCUT2D eigenvalue weighted by Crippen LogP contribution is -2.08. The van der Waals surface area contributed by atoms with Crippen LogP contribution in [0, 0.1) is 12.3 Å². The molecule has 74 valence electrons. The van der Waals surface area contributed by atoms with Crippen LogP contribution in [0.3, 0.4) is 0 Å². The largest absolute Gasteiger partial charge is 0.0757 e. The quantitative estimate of drug-likeness (QED) is 0.575. The predicted molar refractivity (Wildman–Crippen MR) is 62.3 cm³/mol. The van der Waals surface area contributed by atoms with Gasteiger partial charge in [-0.15, -0.1) is 0 Å². The molecule has 1 aliphatic rings. The summed E-state index contributed by atoms with van der Waals surface area (Å²) in [7, 11) is 0. The van der Waals surface area contributed by atoms with E-state index >= 15 is 0 Å². The fraction of sp³-hybridized carbons (Fsp3) is 0.429. The van der Waals surface area contributed by atoms with Gasteiger partial charge in [-0.1, -0.05) is 45.0 Å². The van der Waals surface area contributed by atoms with Gasteiger partial charge in [0.1, 0.15) is 0 Å². The highest BCUT2D eigenvalue weighted by molar-refractivity contribution is 5.78. The summed E-state index contributed by atoms with van der Waals surface area (Å²) >= 11 is 0. The number of hydrogen-bond donors (Lipinski definition) is 0. The van der Waals surface area contributed by atoms with Crippen molar-refractivity contribution in [3.63, 3.8) is 0 Å². The van der Waals surface area contributed by atoms with Crippen LogP contribution in [0.4, 0.5) is 0 Å². The average Bonchev–Trinajstić information content (AvgIpc) is 2.47. The maximum absolute atomic E-state index is 2.39. The van der Waals surface area contributed by atoms with Crippen molar-refractivity contribution in [3.05, 3.63) is 41.0 Å². The minimum absolute atomic E-state index is 0.275. The summed E-state index contributed by atoms with van der Waals surface area (Å²) in [5.41, 5.74) is 6.21. The second-order valence-corrected chi connectivity index (χ2v) is 5.18. The highest BCUT2D eigenvalue weighted by Crippen LogP contribution is 2.41. The van der Waals surface area contributed by atoms with Crippen molar-refractivity contribution in [2.45, 2.75) is 34.1 Å². The van der Waals surface area contributed by atoms with Crippen LogP contribution in [0.15, 0.2) is 24.3 Å². The van der Waals surface area contributed by atoms with Crippen LogP contribution < -0.4 is 0 Å². The van der Waals surface area contributed by atoms with Crippen LogP contribution >= 0.6 is 0 Å². The molecule has 1 aliphatic carbocycles. The third kappa shape index (κ3) is 1.39. The van der Waals surface area contributed by atoms with Gasteiger partial charge in [0.15, 0.2) is 0 Å². The zero-order valence-corrected chi connectivity index (χ0v) is 9.52. The first-order valence-corrected chi connectivity index (χ1v) is 5.29. The van der Waals surface area contributed by atoms with Crippen molar-refractivity contribution in [2.24, 2.45) is 5.41 Å². The van der Waals surface area contributed by atoms with E-state index in [2.05, 4.69) is 52.0 Å². The summed E-state index contributed by atoms with van der Waals surface area (Å²) in [6.07, 6.45) is 3.50. The molecule has 0 aromatic heterocycles. The van der Waals surface area contributed by atoms with Crippen molar-refractivity contribution in [2.75, 3.05) is 0 Å². The maximum Gasteiger partial charge on any atom is -0.00851 e. The SMILES string of the molecule is Cc1cccc2c1C(C(C)(C)C)=CC2. The summed E-state index contributed by atoms with van der Waals surface area (Å²) in [4.78, 5) is 0. The molecule has 1 aromatic rings. The zero-order chi connectivity index (χ0) is 10.3. The molecule has 0 aliphatic heterocycles. The van der Waals surface area contributed by atoms with E-state index in [1.165, 1.54) is 22.3 Å². The molecule has 0 heterocycles. The van der Waals surface area contributed by atoms with E-state index in [1.54, 1.807) is 0 Å². The Kier molecular flexibility index (Phi) is 2.02. The lowest BCUT2D eigenvalue weighted by Gasteiger charge is -2.23. The molecule has 0 spiro atoms. The Hall–Kier alpha value is -1.04. The van der Waals surface area contributed by atoms with E-state index in [1.807, 2.05) is 0 Å². The molecule has 0 saturated heterocycles. The van der Waals surface area contributed by atoms with E-state index in [0.717, 1.165) is 6.42 Å². The van der Waals surface area contributed by atoms with E-state index in [9.17, 15) is 0 Å². The Labute approximate surface area is 86.7 Å². The minimum atomic E-state index is 0.275. The van der Waals surface area contributed by atoms with Crippen molar-refractivity contribution in [1.82, 2.24) is 0 Å². The number of aryl methyl sites for hydroxylation is 1. The molecule has 0 saturated carbocycles. The molecule has 0 bridgehead atoms. The second-order valence-electron chi connectivity index (χ2n) is 5.18. The third-order valence-corrected chi connectivity index (χ3v) is 2.96. The predicted octanol–water partition coefficient (Wildman–Crippen LogP) is 3.98. The highest BCUT2D eigenvalue weighted by atomic mass is 14.3. The first-order valence-electron chi connectivity index (χ1n) is 5.29. The van der Waals surface area contributed by atoms with Gasteiger partial charge in [-0.05, 0) is 41.0 Å². The Morgan fingerprint density at radius 2 is 1.86 bits per heavy atom. The molecule has 0 atom stereocenters. The van der Waals surface area contributed by atoms with Gasteiger partial charge in [0, 0.05) is 0 Å². The Bertz CT molecular complexity index is 389. The molecular formula is C14H18. The van der Waals surface area contributed by atoms with Crippen LogP contribution in [-0.2, 0) is 6.42 Å². The second kappa shape index (κ2) is 2.98. The number of allylic oxidation sites excluding steroid dienone is 2. The van der Waals surface area contributed by atoms with Crippen molar-refractivity contribution < 1.29 is 0 Å². The van der Waals surface area contributed by atoms with Gasteiger partial charge in [0.05, 0.1) is 0 Å². The van der Waals surface area contributed by atoms with Crippen LogP contribution in [0.25, 0.3) is 5.57 Å². The third-order valence-electron chi connectivity index (χ3n) is 2.96. The fourth-order valence-electron chi connectivity index (χ4n) is 2.28. The molecule has 14 heavy (non-hydrogen) atoms. The lowest BCUT2D eigenvalue weighted by atomic mass is 9.82. The Morgan fingerprint density at radius 1 is 1.14 bits per heavy atom. The summed E-state index contributed by atoms with van der Waals surface area (Å²) in [6, 6.07) is 6.62. The van der Waals surface area contributed by atoms with Gasteiger partial charge >= 0.3 is 0 Å². The summed E-state index contributed by atoms with van der Waals surface area (Å²) in [5, 5.41) is 0. The molecule has 0 N–H and O–H groups in total. The first-order chi connectivity index (χ1) is 6.50. The molecule has 0 nitrogen and oxygen atoms in total. The Balaban J connectivity index is 2.56. The summed E-state index contributed by atoms with van der Waals surface area (Å²) in [6.45, 7) is 9.09. The van der Waals surface area contributed by atoms with Crippen LogP contribution in [0.5, 0.6) is 0 Å². The van der Waals surface area contributed by atoms with Crippen molar-refractivity contribution >= 4 is 5.57 Å². The van der Waals surface area contributed by atoms with Crippen molar-refractivity contribution in [3.8, 4) is 0 Å². The van der Waals surface area contributed by atoms with Gasteiger partial charge in [-0.2, -0.15) is 0 Å². The van der Waals surface area contributed by atoms with Crippen LogP contribution in [0.1, 0.15) is 37.5 Å².